The van der Waals surface area contributed by atoms with Crippen molar-refractivity contribution in [1.29, 1.82) is 0 Å². The zero-order chi connectivity index (χ0) is 18.1. The van der Waals surface area contributed by atoms with Crippen LogP contribution in [-0.2, 0) is 0 Å². The fourth-order valence-corrected chi connectivity index (χ4v) is 3.83. The molecule has 0 bridgehead atoms. The minimum absolute atomic E-state index is 0.135. The van der Waals surface area contributed by atoms with Gasteiger partial charge in [0.05, 0.1) is 27.4 Å². The second-order valence-corrected chi connectivity index (χ2v) is 7.13. The molecule has 4 heterocycles. The van der Waals surface area contributed by atoms with Crippen LogP contribution in [0.15, 0.2) is 35.5 Å². The maximum absolute atomic E-state index is 12.5. The van der Waals surface area contributed by atoms with Crippen molar-refractivity contribution in [1.82, 2.24) is 19.9 Å². The smallest absolute Gasteiger partial charge is 0.275 e. The number of anilines is 2. The second kappa shape index (κ2) is 7.00. The molecule has 26 heavy (non-hydrogen) atoms. The SMILES string of the molecule is N[C@@H]1CCCN(c2c(Br)cnc3[nH]cc(NC(=O)c4cnccn4)c23)C1. The molecule has 0 aliphatic carbocycles. The molecule has 1 aliphatic heterocycles. The van der Waals surface area contributed by atoms with Crippen LogP contribution >= 0.6 is 15.9 Å². The molecule has 1 saturated heterocycles. The zero-order valence-electron chi connectivity index (χ0n) is 13.9. The number of amides is 1. The van der Waals surface area contributed by atoms with Crippen molar-refractivity contribution in [3.05, 3.63) is 41.2 Å². The van der Waals surface area contributed by atoms with E-state index in [9.17, 15) is 4.79 Å². The minimum Gasteiger partial charge on any atom is -0.368 e. The van der Waals surface area contributed by atoms with E-state index in [0.29, 0.717) is 11.3 Å². The molecule has 3 aromatic rings. The number of rotatable bonds is 3. The molecule has 0 unspecified atom stereocenters. The predicted octanol–water partition coefficient (Wildman–Crippen LogP) is 2.30. The van der Waals surface area contributed by atoms with Gasteiger partial charge in [-0.3, -0.25) is 9.78 Å². The Balaban J connectivity index is 1.74. The first-order valence-electron chi connectivity index (χ1n) is 8.37. The number of H-pyrrole nitrogens is 1. The first kappa shape index (κ1) is 16.9. The number of hydrogen-bond donors (Lipinski definition) is 3. The van der Waals surface area contributed by atoms with Gasteiger partial charge in [0.15, 0.2) is 0 Å². The van der Waals surface area contributed by atoms with Gasteiger partial charge in [-0.25, -0.2) is 9.97 Å². The van der Waals surface area contributed by atoms with Gasteiger partial charge < -0.3 is 20.9 Å². The number of nitrogens with zero attached hydrogens (tertiary/aromatic N) is 4. The van der Waals surface area contributed by atoms with Crippen molar-refractivity contribution >= 4 is 44.2 Å². The zero-order valence-corrected chi connectivity index (χ0v) is 15.5. The fourth-order valence-electron chi connectivity index (χ4n) is 3.28. The summed E-state index contributed by atoms with van der Waals surface area (Å²) in [7, 11) is 0. The van der Waals surface area contributed by atoms with Gasteiger partial charge in [0, 0.05) is 43.9 Å². The Morgan fingerprint density at radius 2 is 2.23 bits per heavy atom. The average Bonchev–Trinajstić information content (AvgIpc) is 3.05. The molecule has 1 atom stereocenters. The van der Waals surface area contributed by atoms with Crippen molar-refractivity contribution in [3.8, 4) is 0 Å². The van der Waals surface area contributed by atoms with Gasteiger partial charge >= 0.3 is 0 Å². The number of aromatic amines is 1. The van der Waals surface area contributed by atoms with E-state index in [1.165, 1.54) is 18.6 Å². The van der Waals surface area contributed by atoms with Crippen molar-refractivity contribution in [2.45, 2.75) is 18.9 Å². The number of hydrogen-bond acceptors (Lipinski definition) is 6. The molecule has 0 aromatic carbocycles. The Kier molecular flexibility index (Phi) is 4.56. The molecule has 9 heteroatoms. The molecule has 1 aliphatic rings. The highest BCUT2D eigenvalue weighted by Gasteiger charge is 2.24. The number of carbonyl (C=O) groups is 1. The number of carbonyl (C=O) groups excluding carboxylic acids is 1. The third-order valence-corrected chi connectivity index (χ3v) is 5.03. The van der Waals surface area contributed by atoms with E-state index in [1.54, 1.807) is 12.4 Å². The highest BCUT2D eigenvalue weighted by atomic mass is 79.9. The molecule has 1 fully saturated rings. The van der Waals surface area contributed by atoms with E-state index < -0.39 is 0 Å². The predicted molar refractivity (Wildman–Crippen MR) is 103 cm³/mol. The monoisotopic (exact) mass is 415 g/mol. The summed E-state index contributed by atoms with van der Waals surface area (Å²) in [5, 5.41) is 3.76. The van der Waals surface area contributed by atoms with E-state index in [1.807, 2.05) is 0 Å². The lowest BCUT2D eigenvalue weighted by Gasteiger charge is -2.33. The molecule has 134 valence electrons. The van der Waals surface area contributed by atoms with Crippen LogP contribution in [0.2, 0.25) is 0 Å². The first-order chi connectivity index (χ1) is 12.6. The third-order valence-electron chi connectivity index (χ3n) is 4.45. The number of halogens is 1. The van der Waals surface area contributed by atoms with E-state index in [0.717, 1.165) is 41.5 Å². The number of nitrogens with one attached hydrogen (secondary N) is 2. The first-order valence-corrected chi connectivity index (χ1v) is 9.16. The summed E-state index contributed by atoms with van der Waals surface area (Å²) < 4.78 is 0.869. The molecular formula is C17H18BrN7O. The standard InChI is InChI=1S/C17H18BrN7O/c18-11-6-22-16-14(15(11)25-5-1-2-10(19)9-25)12(8-23-16)24-17(26)13-7-20-3-4-21-13/h3-4,6-8,10H,1-2,5,9,19H2,(H,22,23)(H,24,26)/t10-/m1/s1. The summed E-state index contributed by atoms with van der Waals surface area (Å²) in [6.07, 6.45) is 10.0. The summed E-state index contributed by atoms with van der Waals surface area (Å²) in [5.74, 6) is -0.319. The van der Waals surface area contributed by atoms with E-state index in [-0.39, 0.29) is 17.6 Å². The number of aromatic nitrogens is 4. The van der Waals surface area contributed by atoms with Gasteiger partial charge in [-0.1, -0.05) is 0 Å². The molecule has 3 aromatic heterocycles. The molecule has 0 saturated carbocycles. The Morgan fingerprint density at radius 1 is 1.35 bits per heavy atom. The molecule has 4 N–H and O–H groups in total. The fraction of sp³-hybridized carbons (Fsp3) is 0.294. The number of nitrogens with two attached hydrogens (primary N) is 1. The van der Waals surface area contributed by atoms with Gasteiger partial charge in [-0.05, 0) is 28.8 Å². The summed E-state index contributed by atoms with van der Waals surface area (Å²) in [6.45, 7) is 1.68. The molecular weight excluding hydrogens is 398 g/mol. The lowest BCUT2D eigenvalue weighted by molar-refractivity contribution is 0.102. The van der Waals surface area contributed by atoms with Crippen LogP contribution in [0.3, 0.4) is 0 Å². The van der Waals surface area contributed by atoms with Crippen LogP contribution in [0.4, 0.5) is 11.4 Å². The topological polar surface area (TPSA) is 113 Å². The van der Waals surface area contributed by atoms with Crippen molar-refractivity contribution in [2.24, 2.45) is 5.73 Å². The Morgan fingerprint density at radius 3 is 3.00 bits per heavy atom. The van der Waals surface area contributed by atoms with Crippen LogP contribution in [0.25, 0.3) is 11.0 Å². The summed E-state index contributed by atoms with van der Waals surface area (Å²) in [5.41, 5.74) is 8.76. The Bertz CT molecular complexity index is 943. The number of piperidine rings is 1. The summed E-state index contributed by atoms with van der Waals surface area (Å²) in [4.78, 5) is 30.2. The van der Waals surface area contributed by atoms with Crippen LogP contribution in [0.5, 0.6) is 0 Å². The van der Waals surface area contributed by atoms with Crippen LogP contribution in [-0.4, -0.2) is 45.0 Å². The quantitative estimate of drug-likeness (QED) is 0.604. The maximum atomic E-state index is 12.5. The Hall–Kier alpha value is -2.52. The molecule has 8 nitrogen and oxygen atoms in total. The lowest BCUT2D eigenvalue weighted by Crippen LogP contribution is -2.43. The third kappa shape index (κ3) is 3.15. The second-order valence-electron chi connectivity index (χ2n) is 6.27. The van der Waals surface area contributed by atoms with Crippen LogP contribution < -0.4 is 16.0 Å². The molecule has 1 amide bonds. The van der Waals surface area contributed by atoms with Gasteiger partial charge in [0.2, 0.25) is 0 Å². The normalized spacial score (nSPS) is 17.5. The van der Waals surface area contributed by atoms with Gasteiger partial charge in [-0.2, -0.15) is 0 Å². The number of pyridine rings is 1. The molecule has 0 radical (unpaired) electrons. The van der Waals surface area contributed by atoms with Crippen molar-refractivity contribution in [2.75, 3.05) is 23.3 Å². The van der Waals surface area contributed by atoms with Gasteiger partial charge in [0.25, 0.3) is 5.91 Å². The van der Waals surface area contributed by atoms with E-state index in [2.05, 4.69) is 46.1 Å². The average molecular weight is 416 g/mol. The maximum Gasteiger partial charge on any atom is 0.275 e. The largest absolute Gasteiger partial charge is 0.368 e. The summed E-state index contributed by atoms with van der Waals surface area (Å²) in [6, 6.07) is 0.135. The van der Waals surface area contributed by atoms with Crippen molar-refractivity contribution in [3.63, 3.8) is 0 Å². The van der Waals surface area contributed by atoms with Gasteiger partial charge in [0.1, 0.15) is 11.3 Å². The molecule has 4 rings (SSSR count). The minimum atomic E-state index is -0.319. The lowest BCUT2D eigenvalue weighted by atomic mass is 10.1. The van der Waals surface area contributed by atoms with Crippen molar-refractivity contribution < 1.29 is 4.79 Å². The summed E-state index contributed by atoms with van der Waals surface area (Å²) >= 11 is 3.61. The highest BCUT2D eigenvalue weighted by Crippen LogP contribution is 2.38. The Labute approximate surface area is 158 Å². The highest BCUT2D eigenvalue weighted by molar-refractivity contribution is 9.10. The van der Waals surface area contributed by atoms with Crippen LogP contribution in [0.1, 0.15) is 23.3 Å². The number of fused-ring (bicyclic) bond motifs is 1. The van der Waals surface area contributed by atoms with Gasteiger partial charge in [-0.15, -0.1) is 0 Å². The van der Waals surface area contributed by atoms with E-state index >= 15 is 0 Å². The van der Waals surface area contributed by atoms with E-state index in [4.69, 9.17) is 5.73 Å². The molecule has 0 spiro atoms. The van der Waals surface area contributed by atoms with Crippen LogP contribution in [0, 0.1) is 0 Å².